The zero-order chi connectivity index (χ0) is 12.0. The Bertz CT molecular complexity index is 330. The molecule has 1 heterocycles. The van der Waals surface area contributed by atoms with Crippen LogP contribution < -0.4 is 10.2 Å². The lowest BCUT2D eigenvalue weighted by Crippen LogP contribution is -2.24. The molecule has 1 rings (SSSR count). The van der Waals surface area contributed by atoms with E-state index in [1.807, 2.05) is 27.9 Å². The first kappa shape index (κ1) is 12.7. The van der Waals surface area contributed by atoms with E-state index in [1.165, 1.54) is 0 Å². The number of hydrogen-bond acceptors (Lipinski definition) is 5. The number of ether oxygens (including phenoxy) is 1. The molecule has 0 aliphatic rings. The van der Waals surface area contributed by atoms with Gasteiger partial charge in [0.05, 0.1) is 6.61 Å². The molecule has 1 N–H and O–H groups in total. The van der Waals surface area contributed by atoms with Crippen molar-refractivity contribution in [3.05, 3.63) is 11.9 Å². The second-order valence-corrected chi connectivity index (χ2v) is 3.54. The lowest BCUT2D eigenvalue weighted by Gasteiger charge is -2.20. The van der Waals surface area contributed by atoms with Crippen LogP contribution in [0.3, 0.4) is 0 Å². The minimum Gasteiger partial charge on any atom is -0.380 e. The Morgan fingerprint density at radius 1 is 1.44 bits per heavy atom. The van der Waals surface area contributed by atoms with Crippen molar-refractivity contribution in [1.82, 2.24) is 9.97 Å². The fourth-order valence-electron chi connectivity index (χ4n) is 1.53. The molecule has 0 spiro atoms. The highest BCUT2D eigenvalue weighted by Gasteiger charge is 2.09. The van der Waals surface area contributed by atoms with Gasteiger partial charge in [0, 0.05) is 32.8 Å². The molecule has 1 aromatic rings. The SMILES string of the molecule is CCOCCN(C)c1ncnc(NC)c1C. The van der Waals surface area contributed by atoms with Crippen LogP contribution in [0.15, 0.2) is 6.33 Å². The molecule has 0 aromatic carbocycles. The fraction of sp³-hybridized carbons (Fsp3) is 0.636. The van der Waals surface area contributed by atoms with Crippen molar-refractivity contribution in [3.8, 4) is 0 Å². The summed E-state index contributed by atoms with van der Waals surface area (Å²) in [6.07, 6.45) is 1.57. The fourth-order valence-corrected chi connectivity index (χ4v) is 1.53. The van der Waals surface area contributed by atoms with Gasteiger partial charge in [-0.2, -0.15) is 0 Å². The summed E-state index contributed by atoms with van der Waals surface area (Å²) in [7, 11) is 3.87. The van der Waals surface area contributed by atoms with Crippen molar-refractivity contribution in [3.63, 3.8) is 0 Å². The maximum absolute atomic E-state index is 5.32. The first-order valence-corrected chi connectivity index (χ1v) is 5.49. The molecule has 16 heavy (non-hydrogen) atoms. The molecular weight excluding hydrogens is 204 g/mol. The molecule has 0 aliphatic heterocycles. The third-order valence-electron chi connectivity index (χ3n) is 2.43. The van der Waals surface area contributed by atoms with E-state index in [0.29, 0.717) is 6.61 Å². The predicted molar refractivity (Wildman–Crippen MR) is 66.1 cm³/mol. The molecule has 0 radical (unpaired) electrons. The highest BCUT2D eigenvalue weighted by Crippen LogP contribution is 2.20. The maximum Gasteiger partial charge on any atom is 0.136 e. The first-order chi connectivity index (χ1) is 7.70. The predicted octanol–water partition coefficient (Wildman–Crippen LogP) is 1.30. The summed E-state index contributed by atoms with van der Waals surface area (Å²) >= 11 is 0. The van der Waals surface area contributed by atoms with Crippen LogP contribution in [0.2, 0.25) is 0 Å². The van der Waals surface area contributed by atoms with Crippen molar-refractivity contribution in [2.45, 2.75) is 13.8 Å². The monoisotopic (exact) mass is 224 g/mol. The van der Waals surface area contributed by atoms with Crippen molar-refractivity contribution >= 4 is 11.6 Å². The summed E-state index contributed by atoms with van der Waals surface area (Å²) in [5.74, 6) is 1.81. The molecule has 0 unspecified atom stereocenters. The van der Waals surface area contributed by atoms with Crippen LogP contribution in [0.1, 0.15) is 12.5 Å². The topological polar surface area (TPSA) is 50.3 Å². The summed E-state index contributed by atoms with van der Waals surface area (Å²) in [5, 5.41) is 3.05. The van der Waals surface area contributed by atoms with Gasteiger partial charge in [0.25, 0.3) is 0 Å². The van der Waals surface area contributed by atoms with E-state index in [2.05, 4.69) is 20.2 Å². The summed E-state index contributed by atoms with van der Waals surface area (Å²) in [4.78, 5) is 10.5. The normalized spacial score (nSPS) is 10.2. The lowest BCUT2D eigenvalue weighted by molar-refractivity contribution is 0.154. The van der Waals surface area contributed by atoms with E-state index < -0.39 is 0 Å². The van der Waals surface area contributed by atoms with Crippen LogP contribution in [0.5, 0.6) is 0 Å². The average molecular weight is 224 g/mol. The molecule has 0 fully saturated rings. The molecule has 1 aromatic heterocycles. The highest BCUT2D eigenvalue weighted by molar-refractivity contribution is 5.57. The summed E-state index contributed by atoms with van der Waals surface area (Å²) in [6.45, 7) is 6.30. The standard InChI is InChI=1S/C11H20N4O/c1-5-16-7-6-15(4)11-9(2)10(12-3)13-8-14-11/h8H,5-7H2,1-4H3,(H,12,13,14). The Hall–Kier alpha value is -1.36. The molecule has 0 saturated carbocycles. The van der Waals surface area contributed by atoms with Crippen molar-refractivity contribution < 1.29 is 4.74 Å². The van der Waals surface area contributed by atoms with Gasteiger partial charge in [-0.15, -0.1) is 0 Å². The van der Waals surface area contributed by atoms with E-state index in [9.17, 15) is 0 Å². The minimum atomic E-state index is 0.714. The third-order valence-corrected chi connectivity index (χ3v) is 2.43. The summed E-state index contributed by atoms with van der Waals surface area (Å²) in [6, 6.07) is 0. The van der Waals surface area contributed by atoms with Crippen LogP contribution >= 0.6 is 0 Å². The Morgan fingerprint density at radius 2 is 2.19 bits per heavy atom. The molecular formula is C11H20N4O. The van der Waals surface area contributed by atoms with E-state index in [-0.39, 0.29) is 0 Å². The van der Waals surface area contributed by atoms with Crippen LogP contribution in [-0.4, -0.2) is 43.8 Å². The summed E-state index contributed by atoms with van der Waals surface area (Å²) < 4.78 is 5.32. The van der Waals surface area contributed by atoms with Gasteiger partial charge in [0.1, 0.15) is 18.0 Å². The molecule has 0 atom stereocenters. The molecule has 5 nitrogen and oxygen atoms in total. The number of nitrogens with zero attached hydrogens (tertiary/aromatic N) is 3. The second-order valence-electron chi connectivity index (χ2n) is 3.54. The van der Waals surface area contributed by atoms with Crippen LogP contribution in [0, 0.1) is 6.92 Å². The van der Waals surface area contributed by atoms with E-state index >= 15 is 0 Å². The van der Waals surface area contributed by atoms with Gasteiger partial charge in [0.2, 0.25) is 0 Å². The van der Waals surface area contributed by atoms with Crippen molar-refractivity contribution in [2.24, 2.45) is 0 Å². The minimum absolute atomic E-state index is 0.714. The van der Waals surface area contributed by atoms with Crippen LogP contribution in [0.4, 0.5) is 11.6 Å². The number of anilines is 2. The number of nitrogens with one attached hydrogen (secondary N) is 1. The number of hydrogen-bond donors (Lipinski definition) is 1. The average Bonchev–Trinajstić information content (AvgIpc) is 2.29. The van der Waals surface area contributed by atoms with Gasteiger partial charge in [-0.25, -0.2) is 9.97 Å². The van der Waals surface area contributed by atoms with Crippen LogP contribution in [0.25, 0.3) is 0 Å². The first-order valence-electron chi connectivity index (χ1n) is 5.49. The molecule has 0 bridgehead atoms. The van der Waals surface area contributed by atoms with Gasteiger partial charge in [-0.1, -0.05) is 0 Å². The third kappa shape index (κ3) is 3.06. The number of aromatic nitrogens is 2. The molecule has 5 heteroatoms. The van der Waals surface area contributed by atoms with Gasteiger partial charge in [-0.3, -0.25) is 0 Å². The molecule has 0 saturated heterocycles. The smallest absolute Gasteiger partial charge is 0.136 e. The largest absolute Gasteiger partial charge is 0.380 e. The zero-order valence-electron chi connectivity index (χ0n) is 10.4. The molecule has 0 amide bonds. The Balaban J connectivity index is 2.71. The quantitative estimate of drug-likeness (QED) is 0.738. The number of rotatable bonds is 6. The molecule has 0 aliphatic carbocycles. The van der Waals surface area contributed by atoms with E-state index in [0.717, 1.165) is 30.4 Å². The Kier molecular flexibility index (Phi) is 4.98. The lowest BCUT2D eigenvalue weighted by atomic mass is 10.3. The second kappa shape index (κ2) is 6.27. The van der Waals surface area contributed by atoms with Crippen molar-refractivity contribution in [2.75, 3.05) is 44.1 Å². The Morgan fingerprint density at radius 3 is 2.81 bits per heavy atom. The molecule has 90 valence electrons. The van der Waals surface area contributed by atoms with Gasteiger partial charge < -0.3 is 15.0 Å². The van der Waals surface area contributed by atoms with Crippen LogP contribution in [-0.2, 0) is 4.74 Å². The van der Waals surface area contributed by atoms with Gasteiger partial charge in [0.15, 0.2) is 0 Å². The Labute approximate surface area is 96.8 Å². The van der Waals surface area contributed by atoms with Crippen molar-refractivity contribution in [1.29, 1.82) is 0 Å². The maximum atomic E-state index is 5.32. The van der Waals surface area contributed by atoms with Gasteiger partial charge in [-0.05, 0) is 13.8 Å². The number of likely N-dealkylation sites (N-methyl/N-ethyl adjacent to an activating group) is 1. The summed E-state index contributed by atoms with van der Waals surface area (Å²) in [5.41, 5.74) is 1.06. The van der Waals surface area contributed by atoms with E-state index in [1.54, 1.807) is 6.33 Å². The highest BCUT2D eigenvalue weighted by atomic mass is 16.5. The zero-order valence-corrected chi connectivity index (χ0v) is 10.4. The van der Waals surface area contributed by atoms with Gasteiger partial charge >= 0.3 is 0 Å². The van der Waals surface area contributed by atoms with E-state index in [4.69, 9.17) is 4.74 Å².